The van der Waals surface area contributed by atoms with E-state index in [4.69, 9.17) is 14.2 Å². The van der Waals surface area contributed by atoms with Gasteiger partial charge < -0.3 is 24.4 Å². The van der Waals surface area contributed by atoms with Gasteiger partial charge in [0.15, 0.2) is 0 Å². The highest BCUT2D eigenvalue weighted by Crippen LogP contribution is 2.34. The maximum Gasteiger partial charge on any atom is 0.338 e. The second-order valence-corrected chi connectivity index (χ2v) is 10.7. The summed E-state index contributed by atoms with van der Waals surface area (Å²) in [5.74, 6) is 0.671. The number of esters is 2. The molecule has 4 rings (SSSR count). The summed E-state index contributed by atoms with van der Waals surface area (Å²) in [7, 11) is 0. The van der Waals surface area contributed by atoms with Crippen molar-refractivity contribution in [2.75, 3.05) is 0 Å². The third kappa shape index (κ3) is 8.28. The Morgan fingerprint density at radius 3 is 1.41 bits per heavy atom. The molecule has 7 heteroatoms. The second kappa shape index (κ2) is 13.6. The molecule has 0 aromatic heterocycles. The van der Waals surface area contributed by atoms with Crippen molar-refractivity contribution in [2.45, 2.75) is 75.8 Å². The standard InChI is InChI=1S/C32H38O7/c1-21(17-23-13-15-29(27(33)19-23)38-31(35)25-9-5-3-6-10-25)37-22(2)18-24-14-16-30(28(34)20-24)39-32(36)26-11-7-4-8-12-26/h3-12,23-24,27-30,33-34H,1-2,13-20H2. The van der Waals surface area contributed by atoms with Crippen LogP contribution in [0.2, 0.25) is 0 Å². The van der Waals surface area contributed by atoms with Crippen molar-refractivity contribution in [2.24, 2.45) is 11.8 Å². The number of carbonyl (C=O) groups is 2. The fourth-order valence-corrected chi connectivity index (χ4v) is 5.54. The highest BCUT2D eigenvalue weighted by atomic mass is 16.6. The summed E-state index contributed by atoms with van der Waals surface area (Å²) in [6, 6.07) is 17.6. The van der Waals surface area contributed by atoms with Crippen LogP contribution in [-0.4, -0.2) is 46.6 Å². The van der Waals surface area contributed by atoms with Crippen LogP contribution in [0.15, 0.2) is 85.3 Å². The lowest BCUT2D eigenvalue weighted by molar-refractivity contribution is -0.0490. The third-order valence-corrected chi connectivity index (χ3v) is 7.58. The van der Waals surface area contributed by atoms with Crippen molar-refractivity contribution in [1.29, 1.82) is 0 Å². The van der Waals surface area contributed by atoms with E-state index in [1.165, 1.54) is 0 Å². The monoisotopic (exact) mass is 534 g/mol. The van der Waals surface area contributed by atoms with Crippen LogP contribution >= 0.6 is 0 Å². The predicted molar refractivity (Wildman–Crippen MR) is 147 cm³/mol. The number of hydrogen-bond donors (Lipinski definition) is 2. The van der Waals surface area contributed by atoms with Gasteiger partial charge in [-0.1, -0.05) is 49.6 Å². The number of allylic oxidation sites excluding steroid dienone is 2. The Morgan fingerprint density at radius 2 is 1.05 bits per heavy atom. The molecule has 2 saturated carbocycles. The molecule has 0 bridgehead atoms. The molecule has 0 aliphatic heterocycles. The van der Waals surface area contributed by atoms with E-state index in [9.17, 15) is 19.8 Å². The van der Waals surface area contributed by atoms with Gasteiger partial charge >= 0.3 is 11.9 Å². The van der Waals surface area contributed by atoms with Crippen molar-refractivity contribution in [1.82, 2.24) is 0 Å². The summed E-state index contributed by atoms with van der Waals surface area (Å²) < 4.78 is 17.0. The van der Waals surface area contributed by atoms with Crippen LogP contribution in [0, 0.1) is 11.8 Å². The van der Waals surface area contributed by atoms with E-state index in [-0.39, 0.29) is 11.8 Å². The van der Waals surface area contributed by atoms with Crippen molar-refractivity contribution >= 4 is 11.9 Å². The predicted octanol–water partition coefficient (Wildman–Crippen LogP) is 5.58. The molecule has 0 heterocycles. The Kier molecular flexibility index (Phi) is 9.96. The van der Waals surface area contributed by atoms with Gasteiger partial charge in [-0.2, -0.15) is 0 Å². The molecule has 208 valence electrons. The smallest absolute Gasteiger partial charge is 0.338 e. The largest absolute Gasteiger partial charge is 0.467 e. The average Bonchev–Trinajstić information content (AvgIpc) is 2.92. The SMILES string of the molecule is C=C(CC1CCC(OC(=O)c2ccccc2)C(O)C1)OC(=C)CC1CCC(OC(=O)c2ccccc2)C(O)C1. The Bertz CT molecular complexity index is 1040. The maximum atomic E-state index is 12.3. The van der Waals surface area contributed by atoms with Gasteiger partial charge in [-0.3, -0.25) is 0 Å². The first-order chi connectivity index (χ1) is 18.8. The summed E-state index contributed by atoms with van der Waals surface area (Å²) in [6.45, 7) is 8.09. The summed E-state index contributed by atoms with van der Waals surface area (Å²) in [5.41, 5.74) is 0.947. The van der Waals surface area contributed by atoms with Crippen molar-refractivity contribution in [3.63, 3.8) is 0 Å². The molecule has 2 N–H and O–H groups in total. The maximum absolute atomic E-state index is 12.3. The van der Waals surface area contributed by atoms with Gasteiger partial charge in [-0.05, 0) is 74.6 Å². The number of hydrogen-bond acceptors (Lipinski definition) is 7. The third-order valence-electron chi connectivity index (χ3n) is 7.58. The minimum Gasteiger partial charge on any atom is -0.467 e. The number of carbonyl (C=O) groups excluding carboxylic acids is 2. The lowest BCUT2D eigenvalue weighted by Gasteiger charge is -2.34. The van der Waals surface area contributed by atoms with Crippen LogP contribution in [0.25, 0.3) is 0 Å². The molecule has 6 atom stereocenters. The topological polar surface area (TPSA) is 102 Å². The Morgan fingerprint density at radius 1 is 0.667 bits per heavy atom. The van der Waals surface area contributed by atoms with E-state index in [2.05, 4.69) is 13.2 Å². The first kappa shape index (κ1) is 28.6. The van der Waals surface area contributed by atoms with Gasteiger partial charge in [0.05, 0.1) is 34.9 Å². The summed E-state index contributed by atoms with van der Waals surface area (Å²) in [5, 5.41) is 21.2. The molecule has 6 unspecified atom stereocenters. The number of aliphatic hydroxyl groups excluding tert-OH is 2. The Labute approximate surface area is 230 Å². The van der Waals surface area contributed by atoms with Gasteiger partial charge in [0.1, 0.15) is 12.2 Å². The summed E-state index contributed by atoms with van der Waals surface area (Å²) >= 11 is 0. The second-order valence-electron chi connectivity index (χ2n) is 10.7. The average molecular weight is 535 g/mol. The number of benzene rings is 2. The van der Waals surface area contributed by atoms with E-state index in [1.54, 1.807) is 48.5 Å². The quantitative estimate of drug-likeness (QED) is 0.303. The van der Waals surface area contributed by atoms with Crippen LogP contribution in [0.4, 0.5) is 0 Å². The van der Waals surface area contributed by atoms with Crippen molar-refractivity contribution < 1.29 is 34.0 Å². The van der Waals surface area contributed by atoms with Crippen LogP contribution < -0.4 is 0 Å². The Balaban J connectivity index is 1.15. The lowest BCUT2D eigenvalue weighted by atomic mass is 9.82. The minimum absolute atomic E-state index is 0.170. The molecule has 2 aliphatic rings. The van der Waals surface area contributed by atoms with E-state index in [0.29, 0.717) is 61.2 Å². The molecule has 0 saturated heterocycles. The normalized spacial score (nSPS) is 26.7. The molecule has 2 fully saturated rings. The van der Waals surface area contributed by atoms with Crippen molar-refractivity contribution in [3.8, 4) is 0 Å². The van der Waals surface area contributed by atoms with Gasteiger partial charge in [0.25, 0.3) is 0 Å². The molecular formula is C32H38O7. The summed E-state index contributed by atoms with van der Waals surface area (Å²) in [4.78, 5) is 24.7. The fourth-order valence-electron chi connectivity index (χ4n) is 5.54. The molecule has 7 nitrogen and oxygen atoms in total. The first-order valence-corrected chi connectivity index (χ1v) is 13.7. The highest BCUT2D eigenvalue weighted by Gasteiger charge is 2.34. The van der Waals surface area contributed by atoms with Gasteiger partial charge in [0.2, 0.25) is 0 Å². The fraction of sp³-hybridized carbons (Fsp3) is 0.438. The zero-order valence-corrected chi connectivity index (χ0v) is 22.2. The van der Waals surface area contributed by atoms with Gasteiger partial charge in [0, 0.05) is 12.8 Å². The van der Waals surface area contributed by atoms with E-state index in [0.717, 1.165) is 12.8 Å². The zero-order chi connectivity index (χ0) is 27.8. The molecule has 0 radical (unpaired) electrons. The van der Waals surface area contributed by atoms with Gasteiger partial charge in [-0.15, -0.1) is 0 Å². The van der Waals surface area contributed by atoms with E-state index >= 15 is 0 Å². The molecule has 2 aromatic rings. The van der Waals surface area contributed by atoms with Crippen LogP contribution in [0.1, 0.15) is 72.1 Å². The van der Waals surface area contributed by atoms with Crippen LogP contribution in [0.5, 0.6) is 0 Å². The van der Waals surface area contributed by atoms with E-state index < -0.39 is 36.4 Å². The Hall–Kier alpha value is -3.42. The van der Waals surface area contributed by atoms with Crippen LogP contribution in [-0.2, 0) is 14.2 Å². The molecule has 2 aromatic carbocycles. The van der Waals surface area contributed by atoms with E-state index in [1.807, 2.05) is 12.1 Å². The number of aliphatic hydroxyl groups is 2. The first-order valence-electron chi connectivity index (χ1n) is 13.7. The lowest BCUT2D eigenvalue weighted by Crippen LogP contribution is -2.37. The number of ether oxygens (including phenoxy) is 3. The summed E-state index contributed by atoms with van der Waals surface area (Å²) in [6.07, 6.45) is 2.38. The van der Waals surface area contributed by atoms with Crippen LogP contribution in [0.3, 0.4) is 0 Å². The molecule has 39 heavy (non-hydrogen) atoms. The molecule has 0 amide bonds. The zero-order valence-electron chi connectivity index (χ0n) is 22.2. The minimum atomic E-state index is -0.736. The van der Waals surface area contributed by atoms with Gasteiger partial charge in [-0.25, -0.2) is 9.59 Å². The molecular weight excluding hydrogens is 496 g/mol. The van der Waals surface area contributed by atoms with Crippen molar-refractivity contribution in [3.05, 3.63) is 96.5 Å². The highest BCUT2D eigenvalue weighted by molar-refractivity contribution is 5.89. The molecule has 2 aliphatic carbocycles. The number of rotatable bonds is 10. The molecule has 0 spiro atoms.